The fraction of sp³-hybridized carbons (Fsp3) is 0.286. The van der Waals surface area contributed by atoms with Gasteiger partial charge in [0.05, 0.1) is 5.69 Å². The first kappa shape index (κ1) is 19.3. The van der Waals surface area contributed by atoms with Crippen molar-refractivity contribution in [1.29, 1.82) is 0 Å². The van der Waals surface area contributed by atoms with Gasteiger partial charge in [0.2, 0.25) is 0 Å². The predicted octanol–water partition coefficient (Wildman–Crippen LogP) is 4.10. The zero-order chi connectivity index (χ0) is 19.2. The Morgan fingerprint density at radius 3 is 2.56 bits per heavy atom. The topological polar surface area (TPSA) is 78.9 Å². The second-order valence-electron chi connectivity index (χ2n) is 6.59. The molecule has 1 atom stereocenters. The quantitative estimate of drug-likeness (QED) is 0.613. The smallest absolute Gasteiger partial charge is 0.139 e. The van der Waals surface area contributed by atoms with Crippen LogP contribution in [0.25, 0.3) is 11.3 Å². The molecule has 3 aromatic rings. The number of pyridine rings is 1. The largest absolute Gasteiger partial charge is 0.396 e. The van der Waals surface area contributed by atoms with E-state index in [4.69, 9.17) is 11.6 Å². The lowest BCUT2D eigenvalue weighted by molar-refractivity contribution is -0.118. The van der Waals surface area contributed by atoms with Gasteiger partial charge in [-0.3, -0.25) is 14.9 Å². The molecule has 0 aliphatic heterocycles. The van der Waals surface area contributed by atoms with E-state index in [2.05, 4.69) is 15.2 Å². The number of aliphatic hydroxyl groups excluding tert-OH is 1. The molecule has 2 heterocycles. The minimum atomic E-state index is -0.0253. The van der Waals surface area contributed by atoms with Gasteiger partial charge in [-0.15, -0.1) is 0 Å². The highest BCUT2D eigenvalue weighted by Crippen LogP contribution is 2.27. The van der Waals surface area contributed by atoms with Gasteiger partial charge in [-0.25, -0.2) is 0 Å². The molecule has 0 aliphatic carbocycles. The summed E-state index contributed by atoms with van der Waals surface area (Å²) in [6.45, 7) is 2.00. The number of hydrogen-bond acceptors (Lipinski definition) is 4. The number of H-pyrrole nitrogens is 1. The standard InChI is InChI=1S/C21H22ClN3O2/c1-14-20(24-25-21(14)16-6-9-23-10-7-16)13-19(27)12-17(8-11-26)15-2-4-18(22)5-3-15/h2-7,9-10,17,26H,8,11-13H2,1H3,(H,24,25). The highest BCUT2D eigenvalue weighted by molar-refractivity contribution is 6.30. The van der Waals surface area contributed by atoms with Crippen LogP contribution in [0.15, 0.2) is 48.8 Å². The van der Waals surface area contributed by atoms with Crippen molar-refractivity contribution < 1.29 is 9.90 Å². The second kappa shape index (κ2) is 8.93. The second-order valence-corrected chi connectivity index (χ2v) is 7.03. The maximum atomic E-state index is 12.7. The molecule has 0 saturated carbocycles. The molecule has 5 nitrogen and oxygen atoms in total. The summed E-state index contributed by atoms with van der Waals surface area (Å²) in [6, 6.07) is 11.2. The summed E-state index contributed by atoms with van der Waals surface area (Å²) in [5.41, 5.74) is 4.62. The van der Waals surface area contributed by atoms with E-state index >= 15 is 0 Å². The summed E-state index contributed by atoms with van der Waals surface area (Å²) in [4.78, 5) is 16.7. The molecule has 0 fully saturated rings. The molecule has 0 bridgehead atoms. The van der Waals surface area contributed by atoms with E-state index in [0.29, 0.717) is 24.3 Å². The Kier molecular flexibility index (Phi) is 6.37. The van der Waals surface area contributed by atoms with Gasteiger partial charge in [-0.1, -0.05) is 23.7 Å². The van der Waals surface area contributed by atoms with E-state index in [9.17, 15) is 9.90 Å². The highest BCUT2D eigenvalue weighted by atomic mass is 35.5. The molecule has 0 amide bonds. The van der Waals surface area contributed by atoms with E-state index in [0.717, 1.165) is 28.1 Å². The fourth-order valence-corrected chi connectivity index (χ4v) is 3.34. The minimum absolute atomic E-state index is 0.0253. The Bertz CT molecular complexity index is 892. The molecule has 0 saturated heterocycles. The molecule has 3 rings (SSSR count). The van der Waals surface area contributed by atoms with Crippen LogP contribution in [0.1, 0.15) is 35.6 Å². The van der Waals surface area contributed by atoms with Gasteiger partial charge in [0.1, 0.15) is 5.78 Å². The number of aromatic amines is 1. The van der Waals surface area contributed by atoms with Gasteiger partial charge in [-0.2, -0.15) is 5.10 Å². The predicted molar refractivity (Wildman–Crippen MR) is 106 cm³/mol. The van der Waals surface area contributed by atoms with Crippen LogP contribution >= 0.6 is 11.6 Å². The molecule has 2 aromatic heterocycles. The molecular weight excluding hydrogens is 362 g/mol. The number of nitrogens with one attached hydrogen (secondary N) is 1. The summed E-state index contributed by atoms with van der Waals surface area (Å²) < 4.78 is 0. The first-order valence-corrected chi connectivity index (χ1v) is 9.28. The molecule has 0 aliphatic rings. The third-order valence-electron chi connectivity index (χ3n) is 4.73. The number of halogens is 1. The van der Waals surface area contributed by atoms with Crippen LogP contribution in [0.3, 0.4) is 0 Å². The minimum Gasteiger partial charge on any atom is -0.396 e. The number of aromatic nitrogens is 3. The lowest BCUT2D eigenvalue weighted by Gasteiger charge is -2.15. The van der Waals surface area contributed by atoms with Crippen molar-refractivity contribution in [3.8, 4) is 11.3 Å². The van der Waals surface area contributed by atoms with Crippen LogP contribution < -0.4 is 0 Å². The molecule has 6 heteroatoms. The normalized spacial score (nSPS) is 12.1. The zero-order valence-electron chi connectivity index (χ0n) is 15.2. The third kappa shape index (κ3) is 4.81. The van der Waals surface area contributed by atoms with Gasteiger partial charge < -0.3 is 5.11 Å². The zero-order valence-corrected chi connectivity index (χ0v) is 15.9. The highest BCUT2D eigenvalue weighted by Gasteiger charge is 2.19. The molecule has 2 N–H and O–H groups in total. The van der Waals surface area contributed by atoms with E-state index < -0.39 is 0 Å². The Morgan fingerprint density at radius 1 is 1.19 bits per heavy atom. The number of benzene rings is 1. The summed E-state index contributed by atoms with van der Waals surface area (Å²) in [5, 5.41) is 17.4. The number of carbonyl (C=O) groups excluding carboxylic acids is 1. The number of Topliss-reactive ketones (excluding diaryl/α,β-unsaturated/α-hetero) is 1. The van der Waals surface area contributed by atoms with Crippen molar-refractivity contribution >= 4 is 17.4 Å². The average Bonchev–Trinajstić information content (AvgIpc) is 3.03. The van der Waals surface area contributed by atoms with Crippen LogP contribution in [0, 0.1) is 6.92 Å². The van der Waals surface area contributed by atoms with E-state index in [1.165, 1.54) is 0 Å². The summed E-state index contributed by atoms with van der Waals surface area (Å²) in [7, 11) is 0. The van der Waals surface area contributed by atoms with Crippen molar-refractivity contribution in [3.05, 3.63) is 70.6 Å². The number of nitrogens with zero attached hydrogens (tertiary/aromatic N) is 2. The average molecular weight is 384 g/mol. The molecule has 1 unspecified atom stereocenters. The SMILES string of the molecule is Cc1c(-c2ccncc2)n[nH]c1CC(=O)CC(CCO)c1ccc(Cl)cc1. The maximum Gasteiger partial charge on any atom is 0.139 e. The third-order valence-corrected chi connectivity index (χ3v) is 4.98. The first-order chi connectivity index (χ1) is 13.1. The van der Waals surface area contributed by atoms with E-state index in [1.807, 2.05) is 43.3 Å². The lowest BCUT2D eigenvalue weighted by atomic mass is 9.89. The number of ketones is 1. The number of rotatable bonds is 8. The van der Waals surface area contributed by atoms with Crippen molar-refractivity contribution in [2.24, 2.45) is 0 Å². The number of aliphatic hydroxyl groups is 1. The van der Waals surface area contributed by atoms with Crippen LogP contribution in [0.5, 0.6) is 0 Å². The van der Waals surface area contributed by atoms with Gasteiger partial charge in [0, 0.05) is 48.1 Å². The van der Waals surface area contributed by atoms with Crippen molar-refractivity contribution in [2.75, 3.05) is 6.61 Å². The van der Waals surface area contributed by atoms with E-state index in [-0.39, 0.29) is 18.3 Å². The lowest BCUT2D eigenvalue weighted by Crippen LogP contribution is -2.12. The molecule has 0 spiro atoms. The summed E-state index contributed by atoms with van der Waals surface area (Å²) in [5.74, 6) is 0.0825. The van der Waals surface area contributed by atoms with Crippen LogP contribution in [0.4, 0.5) is 0 Å². The Morgan fingerprint density at radius 2 is 1.89 bits per heavy atom. The van der Waals surface area contributed by atoms with Crippen molar-refractivity contribution in [2.45, 2.75) is 32.1 Å². The Hall–Kier alpha value is -2.50. The summed E-state index contributed by atoms with van der Waals surface area (Å²) in [6.07, 6.45) is 4.64. The molecule has 0 radical (unpaired) electrons. The van der Waals surface area contributed by atoms with Gasteiger partial charge in [-0.05, 0) is 54.7 Å². The van der Waals surface area contributed by atoms with Gasteiger partial charge in [0.15, 0.2) is 0 Å². The molecule has 27 heavy (non-hydrogen) atoms. The van der Waals surface area contributed by atoms with Crippen LogP contribution in [-0.4, -0.2) is 32.7 Å². The molecule has 1 aromatic carbocycles. The number of carbonyl (C=O) groups is 1. The van der Waals surface area contributed by atoms with Crippen molar-refractivity contribution in [1.82, 2.24) is 15.2 Å². The monoisotopic (exact) mass is 383 g/mol. The van der Waals surface area contributed by atoms with Gasteiger partial charge in [0.25, 0.3) is 0 Å². The van der Waals surface area contributed by atoms with E-state index in [1.54, 1.807) is 12.4 Å². The van der Waals surface area contributed by atoms with Crippen molar-refractivity contribution in [3.63, 3.8) is 0 Å². The number of hydrogen-bond donors (Lipinski definition) is 2. The Balaban J connectivity index is 1.71. The first-order valence-electron chi connectivity index (χ1n) is 8.90. The van der Waals surface area contributed by atoms with Gasteiger partial charge >= 0.3 is 0 Å². The summed E-state index contributed by atoms with van der Waals surface area (Å²) >= 11 is 5.95. The molecule has 140 valence electrons. The Labute approximate surface area is 163 Å². The fourth-order valence-electron chi connectivity index (χ4n) is 3.22. The van der Waals surface area contributed by atoms with Crippen LogP contribution in [0.2, 0.25) is 5.02 Å². The maximum absolute atomic E-state index is 12.7. The molecular formula is C21H22ClN3O2. The van der Waals surface area contributed by atoms with Crippen LogP contribution in [-0.2, 0) is 11.2 Å².